The molecule has 0 N–H and O–H groups in total. The van der Waals surface area contributed by atoms with Crippen LogP contribution >= 0.6 is 0 Å². The van der Waals surface area contributed by atoms with Crippen LogP contribution in [0.2, 0.25) is 0 Å². The van der Waals surface area contributed by atoms with E-state index in [0.717, 1.165) is 5.56 Å². The van der Waals surface area contributed by atoms with Crippen molar-refractivity contribution in [3.63, 3.8) is 0 Å². The van der Waals surface area contributed by atoms with Crippen molar-refractivity contribution in [3.8, 4) is 16.9 Å². The van der Waals surface area contributed by atoms with E-state index in [4.69, 9.17) is 9.47 Å². The summed E-state index contributed by atoms with van der Waals surface area (Å²) < 4.78 is 53.1. The van der Waals surface area contributed by atoms with Crippen molar-refractivity contribution in [1.29, 1.82) is 0 Å². The maximum atomic E-state index is 14.4. The summed E-state index contributed by atoms with van der Waals surface area (Å²) in [6.45, 7) is 4.16. The van der Waals surface area contributed by atoms with E-state index in [2.05, 4.69) is 6.58 Å². The van der Waals surface area contributed by atoms with Gasteiger partial charge in [0, 0.05) is 11.1 Å². The maximum Gasteiger partial charge on any atom is 0.167 e. The molecule has 1 aliphatic rings. The summed E-state index contributed by atoms with van der Waals surface area (Å²) in [7, 11) is 0. The van der Waals surface area contributed by atoms with Crippen LogP contribution in [0.15, 0.2) is 61.2 Å². The van der Waals surface area contributed by atoms with E-state index in [-0.39, 0.29) is 29.6 Å². The van der Waals surface area contributed by atoms with Crippen molar-refractivity contribution in [1.82, 2.24) is 0 Å². The molecule has 0 amide bonds. The first kappa shape index (κ1) is 18.3. The Bertz CT molecular complexity index is 1020. The van der Waals surface area contributed by atoms with E-state index < -0.39 is 17.5 Å². The minimum Gasteiger partial charge on any atom is -0.486 e. The molecule has 3 aromatic rings. The summed E-state index contributed by atoms with van der Waals surface area (Å²) in [5, 5.41) is 0. The van der Waals surface area contributed by atoms with E-state index in [1.165, 1.54) is 6.07 Å². The monoisotopic (exact) mass is 382 g/mol. The van der Waals surface area contributed by atoms with Gasteiger partial charge in [0.25, 0.3) is 0 Å². The molecule has 1 atom stereocenters. The Morgan fingerprint density at radius 2 is 1.75 bits per heavy atom. The summed E-state index contributed by atoms with van der Waals surface area (Å²) in [6, 6.07) is 14.5. The predicted octanol–water partition coefficient (Wildman–Crippen LogP) is 6.06. The van der Waals surface area contributed by atoms with Crippen molar-refractivity contribution in [2.24, 2.45) is 0 Å². The summed E-state index contributed by atoms with van der Waals surface area (Å²) in [6.07, 6.45) is 1.21. The van der Waals surface area contributed by atoms with Crippen LogP contribution in [0, 0.1) is 17.5 Å². The number of hydrogen-bond donors (Lipinski definition) is 0. The summed E-state index contributed by atoms with van der Waals surface area (Å²) in [5.74, 6) is -2.08. The molecule has 0 radical (unpaired) electrons. The number of ether oxygens (including phenoxy) is 2. The van der Waals surface area contributed by atoms with Crippen LogP contribution in [-0.4, -0.2) is 6.61 Å². The lowest BCUT2D eigenvalue weighted by molar-refractivity contribution is 0.290. The molecule has 3 aromatic carbocycles. The second kappa shape index (κ2) is 7.52. The SMILES string of the molecule is C=Cc1ccc(OCc2ccc(-c3ccc(C4CO4)c(F)c3F)cc2)c(F)c1. The first-order chi connectivity index (χ1) is 13.6. The van der Waals surface area contributed by atoms with Crippen LogP contribution in [0.3, 0.4) is 0 Å². The highest BCUT2D eigenvalue weighted by atomic mass is 19.2. The second-order valence-electron chi connectivity index (χ2n) is 6.53. The normalized spacial score (nSPS) is 15.3. The number of halogens is 3. The molecule has 4 rings (SSSR count). The molecule has 1 fully saturated rings. The predicted molar refractivity (Wildman–Crippen MR) is 101 cm³/mol. The molecule has 1 heterocycles. The average Bonchev–Trinajstić information content (AvgIpc) is 3.55. The Morgan fingerprint density at radius 3 is 2.39 bits per heavy atom. The van der Waals surface area contributed by atoms with Gasteiger partial charge in [-0.15, -0.1) is 0 Å². The molecule has 0 aromatic heterocycles. The van der Waals surface area contributed by atoms with Crippen molar-refractivity contribution >= 4 is 6.08 Å². The van der Waals surface area contributed by atoms with Crippen LogP contribution in [0.4, 0.5) is 13.2 Å². The minimum absolute atomic E-state index is 0.140. The molecule has 1 saturated heterocycles. The minimum atomic E-state index is -0.888. The summed E-state index contributed by atoms with van der Waals surface area (Å²) in [4.78, 5) is 0. The molecule has 1 aliphatic heterocycles. The molecule has 0 bridgehead atoms. The third-order valence-corrected chi connectivity index (χ3v) is 4.64. The standard InChI is InChI=1S/C23H17F3O2/c1-2-14-5-10-20(19(24)11-14)27-12-15-3-6-16(7-4-15)17-8-9-18(21-13-28-21)23(26)22(17)25/h2-11,21H,1,12-13H2. The van der Waals surface area contributed by atoms with Crippen LogP contribution in [-0.2, 0) is 11.3 Å². The molecule has 142 valence electrons. The van der Waals surface area contributed by atoms with Crippen molar-refractivity contribution in [3.05, 3.63) is 95.3 Å². The lowest BCUT2D eigenvalue weighted by atomic mass is 10.0. The van der Waals surface area contributed by atoms with Gasteiger partial charge in [-0.25, -0.2) is 13.2 Å². The number of epoxide rings is 1. The molecule has 0 spiro atoms. The van der Waals surface area contributed by atoms with Gasteiger partial charge in [0.15, 0.2) is 23.2 Å². The molecular weight excluding hydrogens is 365 g/mol. The average molecular weight is 382 g/mol. The fraction of sp³-hybridized carbons (Fsp3) is 0.130. The van der Waals surface area contributed by atoms with Gasteiger partial charge >= 0.3 is 0 Å². The van der Waals surface area contributed by atoms with Gasteiger partial charge in [-0.1, -0.05) is 55.1 Å². The van der Waals surface area contributed by atoms with Crippen molar-refractivity contribution in [2.75, 3.05) is 6.61 Å². The van der Waals surface area contributed by atoms with Crippen molar-refractivity contribution in [2.45, 2.75) is 12.7 Å². The van der Waals surface area contributed by atoms with E-state index in [9.17, 15) is 13.2 Å². The summed E-state index contributed by atoms with van der Waals surface area (Å²) >= 11 is 0. The number of hydrogen-bond acceptors (Lipinski definition) is 2. The Balaban J connectivity index is 1.48. The summed E-state index contributed by atoms with van der Waals surface area (Å²) in [5.41, 5.74) is 2.42. The Kier molecular flexibility index (Phi) is 4.92. The smallest absolute Gasteiger partial charge is 0.167 e. The number of benzene rings is 3. The van der Waals surface area contributed by atoms with E-state index in [1.54, 1.807) is 54.6 Å². The molecule has 2 nitrogen and oxygen atoms in total. The zero-order chi connectivity index (χ0) is 19.7. The second-order valence-corrected chi connectivity index (χ2v) is 6.53. The van der Waals surface area contributed by atoms with Crippen molar-refractivity contribution < 1.29 is 22.6 Å². The lowest BCUT2D eigenvalue weighted by Gasteiger charge is -2.10. The molecule has 1 unspecified atom stereocenters. The molecular formula is C23H17F3O2. The molecule has 5 heteroatoms. The zero-order valence-corrected chi connectivity index (χ0v) is 14.9. The third-order valence-electron chi connectivity index (χ3n) is 4.64. The van der Waals surface area contributed by atoms with Crippen LogP contribution < -0.4 is 4.74 Å². The fourth-order valence-corrected chi connectivity index (χ4v) is 2.97. The quantitative estimate of drug-likeness (QED) is 0.483. The molecule has 28 heavy (non-hydrogen) atoms. The van der Waals surface area contributed by atoms with Gasteiger partial charge in [0.2, 0.25) is 0 Å². The molecule has 0 saturated carbocycles. The topological polar surface area (TPSA) is 21.8 Å². The van der Waals surface area contributed by atoms with Crippen LogP contribution in [0.25, 0.3) is 17.2 Å². The Morgan fingerprint density at radius 1 is 1.00 bits per heavy atom. The third kappa shape index (κ3) is 3.66. The van der Waals surface area contributed by atoms with Gasteiger partial charge in [0.1, 0.15) is 12.7 Å². The zero-order valence-electron chi connectivity index (χ0n) is 14.9. The van der Waals surface area contributed by atoms with E-state index in [0.29, 0.717) is 17.7 Å². The first-order valence-electron chi connectivity index (χ1n) is 8.80. The maximum absolute atomic E-state index is 14.4. The van der Waals surface area contributed by atoms with Gasteiger partial charge in [-0.05, 0) is 28.8 Å². The van der Waals surface area contributed by atoms with Gasteiger partial charge < -0.3 is 9.47 Å². The van der Waals surface area contributed by atoms with Gasteiger partial charge in [0.05, 0.1) is 6.61 Å². The Labute approximate surface area is 160 Å². The van der Waals surface area contributed by atoms with Gasteiger partial charge in [-0.3, -0.25) is 0 Å². The largest absolute Gasteiger partial charge is 0.486 e. The highest BCUT2D eigenvalue weighted by Gasteiger charge is 2.30. The van der Waals surface area contributed by atoms with Crippen LogP contribution in [0.5, 0.6) is 5.75 Å². The highest BCUT2D eigenvalue weighted by molar-refractivity contribution is 5.65. The number of rotatable bonds is 6. The highest BCUT2D eigenvalue weighted by Crippen LogP contribution is 2.35. The van der Waals surface area contributed by atoms with E-state index in [1.807, 2.05) is 0 Å². The Hall–Kier alpha value is -3.05. The molecule has 0 aliphatic carbocycles. The van der Waals surface area contributed by atoms with E-state index >= 15 is 0 Å². The fourth-order valence-electron chi connectivity index (χ4n) is 2.97. The first-order valence-corrected chi connectivity index (χ1v) is 8.80. The lowest BCUT2D eigenvalue weighted by Crippen LogP contribution is -1.99. The van der Waals surface area contributed by atoms with Gasteiger partial charge in [-0.2, -0.15) is 0 Å². The van der Waals surface area contributed by atoms with Crippen LogP contribution in [0.1, 0.15) is 22.8 Å².